The van der Waals surface area contributed by atoms with E-state index in [1.807, 2.05) is 0 Å². The molecular formula is C13H23N3. The summed E-state index contributed by atoms with van der Waals surface area (Å²) in [6.45, 7) is 7.46. The summed E-state index contributed by atoms with van der Waals surface area (Å²) in [5.74, 6) is 0. The zero-order chi connectivity index (χ0) is 11.5. The molecule has 0 saturated heterocycles. The van der Waals surface area contributed by atoms with E-state index in [1.165, 1.54) is 31.4 Å². The number of hydrogen-bond donors (Lipinski definition) is 1. The Labute approximate surface area is 98.2 Å². The quantitative estimate of drug-likeness (QED) is 0.847. The molecule has 1 unspecified atom stereocenters. The molecule has 2 rings (SSSR count). The number of nitrogens with one attached hydrogen (secondary N) is 1. The SMILES string of the molecule is Cc1cc(C)n(C(C)CNC2CCCC2)n1. The van der Waals surface area contributed by atoms with Crippen LogP contribution in [-0.2, 0) is 0 Å². The fourth-order valence-electron chi connectivity index (χ4n) is 2.65. The highest BCUT2D eigenvalue weighted by Gasteiger charge is 2.16. The van der Waals surface area contributed by atoms with Crippen molar-refractivity contribution in [2.24, 2.45) is 0 Å². The van der Waals surface area contributed by atoms with Crippen molar-refractivity contribution in [1.82, 2.24) is 15.1 Å². The minimum absolute atomic E-state index is 0.453. The molecule has 1 aromatic heterocycles. The molecule has 1 N–H and O–H groups in total. The van der Waals surface area contributed by atoms with Crippen molar-refractivity contribution in [3.8, 4) is 0 Å². The number of hydrogen-bond acceptors (Lipinski definition) is 2. The van der Waals surface area contributed by atoms with Crippen LogP contribution in [0.2, 0.25) is 0 Å². The predicted molar refractivity (Wildman–Crippen MR) is 66.7 cm³/mol. The van der Waals surface area contributed by atoms with Crippen molar-refractivity contribution in [3.05, 3.63) is 17.5 Å². The number of rotatable bonds is 4. The van der Waals surface area contributed by atoms with Gasteiger partial charge >= 0.3 is 0 Å². The van der Waals surface area contributed by atoms with Gasteiger partial charge in [0.15, 0.2) is 0 Å². The second kappa shape index (κ2) is 5.00. The molecule has 0 bridgehead atoms. The molecule has 1 heterocycles. The summed E-state index contributed by atoms with van der Waals surface area (Å²) >= 11 is 0. The van der Waals surface area contributed by atoms with Crippen molar-refractivity contribution in [2.75, 3.05) is 6.54 Å². The lowest BCUT2D eigenvalue weighted by molar-refractivity contribution is 0.409. The lowest BCUT2D eigenvalue weighted by Gasteiger charge is -2.18. The number of aromatic nitrogens is 2. The molecule has 1 saturated carbocycles. The standard InChI is InChI=1S/C13H23N3/c1-10-8-11(2)16(15-10)12(3)9-14-13-6-4-5-7-13/h8,12-14H,4-7,9H2,1-3H3. The number of nitrogens with zero attached hydrogens (tertiary/aromatic N) is 2. The lowest BCUT2D eigenvalue weighted by atomic mass is 10.2. The molecule has 3 heteroatoms. The molecule has 1 fully saturated rings. The Morgan fingerprint density at radius 2 is 2.12 bits per heavy atom. The van der Waals surface area contributed by atoms with Crippen LogP contribution in [0.25, 0.3) is 0 Å². The third-order valence-electron chi connectivity index (χ3n) is 3.52. The van der Waals surface area contributed by atoms with Crippen molar-refractivity contribution in [2.45, 2.75) is 58.5 Å². The van der Waals surface area contributed by atoms with Gasteiger partial charge in [-0.25, -0.2) is 0 Å². The predicted octanol–water partition coefficient (Wildman–Crippen LogP) is 2.59. The maximum atomic E-state index is 4.53. The third kappa shape index (κ3) is 2.64. The molecule has 90 valence electrons. The molecule has 0 spiro atoms. The van der Waals surface area contributed by atoms with Gasteiger partial charge in [0.2, 0.25) is 0 Å². The van der Waals surface area contributed by atoms with E-state index in [0.717, 1.165) is 18.3 Å². The third-order valence-corrected chi connectivity index (χ3v) is 3.52. The zero-order valence-corrected chi connectivity index (χ0v) is 10.7. The Morgan fingerprint density at radius 1 is 1.44 bits per heavy atom. The molecule has 0 amide bonds. The smallest absolute Gasteiger partial charge is 0.0618 e. The normalized spacial score (nSPS) is 19.2. The maximum Gasteiger partial charge on any atom is 0.0618 e. The summed E-state index contributed by atoms with van der Waals surface area (Å²) in [4.78, 5) is 0. The van der Waals surface area contributed by atoms with Gasteiger partial charge in [-0.15, -0.1) is 0 Å². The second-order valence-corrected chi connectivity index (χ2v) is 5.11. The van der Waals surface area contributed by atoms with Gasteiger partial charge in [0.25, 0.3) is 0 Å². The topological polar surface area (TPSA) is 29.9 Å². The van der Waals surface area contributed by atoms with E-state index in [1.54, 1.807) is 0 Å². The Bertz CT molecular complexity index is 337. The van der Waals surface area contributed by atoms with E-state index in [2.05, 4.69) is 41.9 Å². The van der Waals surface area contributed by atoms with Crippen molar-refractivity contribution < 1.29 is 0 Å². The fraction of sp³-hybridized carbons (Fsp3) is 0.769. The highest BCUT2D eigenvalue weighted by Crippen LogP contribution is 2.18. The Morgan fingerprint density at radius 3 is 2.69 bits per heavy atom. The summed E-state index contributed by atoms with van der Waals surface area (Å²) in [5, 5.41) is 8.19. The largest absolute Gasteiger partial charge is 0.312 e. The fourth-order valence-corrected chi connectivity index (χ4v) is 2.65. The van der Waals surface area contributed by atoms with Gasteiger partial charge in [-0.1, -0.05) is 12.8 Å². The highest BCUT2D eigenvalue weighted by atomic mass is 15.3. The van der Waals surface area contributed by atoms with Crippen LogP contribution in [0.1, 0.15) is 50.0 Å². The Balaban J connectivity index is 1.87. The van der Waals surface area contributed by atoms with Crippen LogP contribution in [-0.4, -0.2) is 22.4 Å². The Hall–Kier alpha value is -0.830. The van der Waals surface area contributed by atoms with E-state index >= 15 is 0 Å². The molecule has 0 radical (unpaired) electrons. The van der Waals surface area contributed by atoms with Gasteiger partial charge in [-0.2, -0.15) is 5.10 Å². The summed E-state index contributed by atoms with van der Waals surface area (Å²) in [6.07, 6.45) is 5.49. The van der Waals surface area contributed by atoms with Gasteiger partial charge in [-0.3, -0.25) is 4.68 Å². The van der Waals surface area contributed by atoms with Crippen LogP contribution in [0.4, 0.5) is 0 Å². The summed E-state index contributed by atoms with van der Waals surface area (Å²) in [6, 6.07) is 3.35. The molecule has 1 aromatic rings. The van der Waals surface area contributed by atoms with Gasteiger partial charge in [0.05, 0.1) is 11.7 Å². The first-order chi connectivity index (χ1) is 7.66. The molecule has 3 nitrogen and oxygen atoms in total. The van der Waals surface area contributed by atoms with Gasteiger partial charge in [0.1, 0.15) is 0 Å². The van der Waals surface area contributed by atoms with E-state index < -0.39 is 0 Å². The van der Waals surface area contributed by atoms with Crippen molar-refractivity contribution in [3.63, 3.8) is 0 Å². The van der Waals surface area contributed by atoms with Gasteiger partial charge < -0.3 is 5.32 Å². The van der Waals surface area contributed by atoms with Crippen molar-refractivity contribution >= 4 is 0 Å². The van der Waals surface area contributed by atoms with Crippen LogP contribution in [0.5, 0.6) is 0 Å². The first-order valence-corrected chi connectivity index (χ1v) is 6.43. The molecular weight excluding hydrogens is 198 g/mol. The van der Waals surface area contributed by atoms with Gasteiger partial charge in [0, 0.05) is 18.3 Å². The first-order valence-electron chi connectivity index (χ1n) is 6.43. The molecule has 1 atom stereocenters. The second-order valence-electron chi connectivity index (χ2n) is 5.11. The molecule has 16 heavy (non-hydrogen) atoms. The minimum Gasteiger partial charge on any atom is -0.312 e. The van der Waals surface area contributed by atoms with E-state index in [9.17, 15) is 0 Å². The summed E-state index contributed by atoms with van der Waals surface area (Å²) in [7, 11) is 0. The summed E-state index contributed by atoms with van der Waals surface area (Å²) < 4.78 is 2.14. The highest BCUT2D eigenvalue weighted by molar-refractivity contribution is 5.07. The minimum atomic E-state index is 0.453. The monoisotopic (exact) mass is 221 g/mol. The maximum absolute atomic E-state index is 4.53. The zero-order valence-electron chi connectivity index (χ0n) is 10.7. The van der Waals surface area contributed by atoms with Crippen LogP contribution in [0.15, 0.2) is 6.07 Å². The molecule has 0 aliphatic heterocycles. The lowest BCUT2D eigenvalue weighted by Crippen LogP contribution is -2.32. The first kappa shape index (κ1) is 11.6. The molecule has 0 aromatic carbocycles. The summed E-state index contributed by atoms with van der Waals surface area (Å²) in [5.41, 5.74) is 2.38. The molecule has 1 aliphatic carbocycles. The van der Waals surface area contributed by atoms with Crippen molar-refractivity contribution in [1.29, 1.82) is 0 Å². The van der Waals surface area contributed by atoms with E-state index in [4.69, 9.17) is 0 Å². The van der Waals surface area contributed by atoms with Crippen LogP contribution in [0.3, 0.4) is 0 Å². The molecule has 1 aliphatic rings. The van der Waals surface area contributed by atoms with E-state index in [-0.39, 0.29) is 0 Å². The average molecular weight is 221 g/mol. The van der Waals surface area contributed by atoms with Gasteiger partial charge in [-0.05, 0) is 39.7 Å². The number of aryl methyl sites for hydroxylation is 2. The van der Waals surface area contributed by atoms with Crippen LogP contribution >= 0.6 is 0 Å². The van der Waals surface area contributed by atoms with Crippen LogP contribution < -0.4 is 5.32 Å². The van der Waals surface area contributed by atoms with E-state index in [0.29, 0.717) is 6.04 Å². The van der Waals surface area contributed by atoms with Crippen LogP contribution in [0, 0.1) is 13.8 Å². The average Bonchev–Trinajstić information content (AvgIpc) is 2.84. The Kier molecular flexibility index (Phi) is 3.64.